The maximum absolute atomic E-state index is 6.06. The van der Waals surface area contributed by atoms with E-state index in [0.717, 1.165) is 23.7 Å². The van der Waals surface area contributed by atoms with Crippen LogP contribution in [0.25, 0.3) is 0 Å². The number of halogens is 1. The summed E-state index contributed by atoms with van der Waals surface area (Å²) in [5.41, 5.74) is 1.16. The highest BCUT2D eigenvalue weighted by Crippen LogP contribution is 2.20. The third-order valence-electron chi connectivity index (χ3n) is 2.38. The van der Waals surface area contributed by atoms with Crippen molar-refractivity contribution in [1.29, 1.82) is 0 Å². The molecule has 0 aliphatic heterocycles. The van der Waals surface area contributed by atoms with Crippen molar-refractivity contribution in [2.45, 2.75) is 25.1 Å². The van der Waals surface area contributed by atoms with Gasteiger partial charge in [0, 0.05) is 22.9 Å². The molecule has 15 heavy (non-hydrogen) atoms. The Morgan fingerprint density at radius 2 is 2.00 bits per heavy atom. The second kappa shape index (κ2) is 5.78. The largest absolute Gasteiger partial charge is 0.311 e. The van der Waals surface area contributed by atoms with E-state index in [4.69, 9.17) is 11.6 Å². The number of thioether (sulfide) groups is 1. The fraction of sp³-hybridized carbons (Fsp3) is 0.500. The maximum Gasteiger partial charge on any atom is 0.0450 e. The normalized spacial score (nSPS) is 11.7. The molecule has 1 aromatic rings. The summed E-state index contributed by atoms with van der Waals surface area (Å²) in [7, 11) is 0. The Hall–Kier alpha value is -0.180. The van der Waals surface area contributed by atoms with E-state index >= 15 is 0 Å². The molecule has 3 heteroatoms. The Balaban J connectivity index is 2.42. The van der Waals surface area contributed by atoms with Gasteiger partial charge in [-0.1, -0.05) is 29.8 Å². The van der Waals surface area contributed by atoms with Gasteiger partial charge < -0.3 is 5.32 Å². The van der Waals surface area contributed by atoms with Crippen LogP contribution in [0.2, 0.25) is 5.02 Å². The van der Waals surface area contributed by atoms with Crippen molar-refractivity contribution in [3.05, 3.63) is 34.9 Å². The second-order valence-corrected chi connectivity index (χ2v) is 6.08. The summed E-state index contributed by atoms with van der Waals surface area (Å²) in [5, 5.41) is 4.27. The molecule has 1 rings (SSSR count). The zero-order valence-corrected chi connectivity index (χ0v) is 11.1. The molecule has 0 spiro atoms. The standard InChI is InChI=1S/C12H18ClNS/c1-12(2,15-3)9-14-8-10-6-4-5-7-11(10)13/h4-7,14H,8-9H2,1-3H3. The van der Waals surface area contributed by atoms with Crippen molar-refractivity contribution in [3.8, 4) is 0 Å². The zero-order valence-electron chi connectivity index (χ0n) is 9.51. The topological polar surface area (TPSA) is 12.0 Å². The molecule has 0 bridgehead atoms. The van der Waals surface area contributed by atoms with Crippen LogP contribution in [-0.2, 0) is 6.54 Å². The highest BCUT2D eigenvalue weighted by Gasteiger charge is 2.14. The highest BCUT2D eigenvalue weighted by atomic mass is 35.5. The van der Waals surface area contributed by atoms with E-state index in [0.29, 0.717) is 0 Å². The Labute approximate surface area is 102 Å². The van der Waals surface area contributed by atoms with Gasteiger partial charge in [-0.05, 0) is 31.7 Å². The van der Waals surface area contributed by atoms with Gasteiger partial charge in [-0.25, -0.2) is 0 Å². The average molecular weight is 244 g/mol. The lowest BCUT2D eigenvalue weighted by molar-refractivity contribution is 0.591. The van der Waals surface area contributed by atoms with Crippen LogP contribution >= 0.6 is 23.4 Å². The summed E-state index contributed by atoms with van der Waals surface area (Å²) >= 11 is 7.93. The lowest BCUT2D eigenvalue weighted by atomic mass is 10.2. The molecule has 0 saturated heterocycles. The molecule has 84 valence electrons. The molecule has 0 aliphatic carbocycles. The third-order valence-corrected chi connectivity index (χ3v) is 3.99. The number of hydrogen-bond acceptors (Lipinski definition) is 2. The van der Waals surface area contributed by atoms with Crippen LogP contribution < -0.4 is 5.32 Å². The summed E-state index contributed by atoms with van der Waals surface area (Å²) < 4.78 is 0.279. The monoisotopic (exact) mass is 243 g/mol. The first-order valence-electron chi connectivity index (χ1n) is 5.04. The summed E-state index contributed by atoms with van der Waals surface area (Å²) in [6.07, 6.45) is 2.14. The lowest BCUT2D eigenvalue weighted by Gasteiger charge is -2.22. The minimum atomic E-state index is 0.279. The minimum Gasteiger partial charge on any atom is -0.311 e. The highest BCUT2D eigenvalue weighted by molar-refractivity contribution is 7.99. The molecule has 0 unspecified atom stereocenters. The molecule has 0 atom stereocenters. The Morgan fingerprint density at radius 3 is 2.60 bits per heavy atom. The molecule has 1 aromatic carbocycles. The number of hydrogen-bond donors (Lipinski definition) is 1. The molecule has 1 nitrogen and oxygen atoms in total. The van der Waals surface area contributed by atoms with Crippen molar-refractivity contribution in [1.82, 2.24) is 5.32 Å². The van der Waals surface area contributed by atoms with Crippen LogP contribution in [0.3, 0.4) is 0 Å². The molecule has 0 saturated carbocycles. The summed E-state index contributed by atoms with van der Waals surface area (Å²) in [4.78, 5) is 0. The smallest absolute Gasteiger partial charge is 0.0450 e. The van der Waals surface area contributed by atoms with E-state index in [1.165, 1.54) is 0 Å². The van der Waals surface area contributed by atoms with Crippen molar-refractivity contribution >= 4 is 23.4 Å². The number of nitrogens with one attached hydrogen (secondary N) is 1. The molecule has 0 aliphatic rings. The van der Waals surface area contributed by atoms with E-state index in [9.17, 15) is 0 Å². The van der Waals surface area contributed by atoms with Crippen LogP contribution in [0.15, 0.2) is 24.3 Å². The van der Waals surface area contributed by atoms with Crippen molar-refractivity contribution in [2.24, 2.45) is 0 Å². The molecule has 0 aromatic heterocycles. The summed E-state index contributed by atoms with van der Waals surface area (Å²) in [6.45, 7) is 6.29. The van der Waals surface area contributed by atoms with Gasteiger partial charge in [0.15, 0.2) is 0 Å². The van der Waals surface area contributed by atoms with Gasteiger partial charge in [0.05, 0.1) is 0 Å². The van der Waals surface area contributed by atoms with E-state index < -0.39 is 0 Å². The van der Waals surface area contributed by atoms with Crippen LogP contribution in [0, 0.1) is 0 Å². The SMILES string of the molecule is CSC(C)(C)CNCc1ccccc1Cl. The van der Waals surface area contributed by atoms with Crippen LogP contribution in [0.1, 0.15) is 19.4 Å². The molecular weight excluding hydrogens is 226 g/mol. The Kier molecular flexibility index (Phi) is 4.97. The second-order valence-electron chi connectivity index (χ2n) is 4.16. The quantitative estimate of drug-likeness (QED) is 0.849. The maximum atomic E-state index is 6.06. The van der Waals surface area contributed by atoms with Crippen LogP contribution in [0.4, 0.5) is 0 Å². The van der Waals surface area contributed by atoms with Gasteiger partial charge in [-0.2, -0.15) is 11.8 Å². The molecule has 0 radical (unpaired) electrons. The summed E-state index contributed by atoms with van der Waals surface area (Å²) in [5.74, 6) is 0. The zero-order chi connectivity index (χ0) is 11.3. The van der Waals surface area contributed by atoms with Crippen LogP contribution in [-0.4, -0.2) is 17.5 Å². The van der Waals surface area contributed by atoms with E-state index in [-0.39, 0.29) is 4.75 Å². The van der Waals surface area contributed by atoms with Gasteiger partial charge >= 0.3 is 0 Å². The van der Waals surface area contributed by atoms with Crippen molar-refractivity contribution in [2.75, 3.05) is 12.8 Å². The van der Waals surface area contributed by atoms with Gasteiger partial charge in [0.1, 0.15) is 0 Å². The van der Waals surface area contributed by atoms with Crippen LogP contribution in [0.5, 0.6) is 0 Å². The first kappa shape index (κ1) is 12.9. The molecule has 0 amide bonds. The fourth-order valence-electron chi connectivity index (χ4n) is 1.21. The third kappa shape index (κ3) is 4.45. The van der Waals surface area contributed by atoms with E-state index in [1.807, 2.05) is 30.0 Å². The number of benzene rings is 1. The Morgan fingerprint density at radius 1 is 1.33 bits per heavy atom. The summed E-state index contributed by atoms with van der Waals surface area (Å²) in [6, 6.07) is 7.96. The molecule has 0 heterocycles. The van der Waals surface area contributed by atoms with E-state index in [2.05, 4.69) is 31.5 Å². The minimum absolute atomic E-state index is 0.279. The van der Waals surface area contributed by atoms with Gasteiger partial charge in [-0.3, -0.25) is 0 Å². The molecular formula is C12H18ClNS. The van der Waals surface area contributed by atoms with E-state index in [1.54, 1.807) is 0 Å². The average Bonchev–Trinajstić information content (AvgIpc) is 2.21. The van der Waals surface area contributed by atoms with Gasteiger partial charge in [0.2, 0.25) is 0 Å². The van der Waals surface area contributed by atoms with Gasteiger partial charge in [0.25, 0.3) is 0 Å². The first-order chi connectivity index (χ1) is 7.05. The lowest BCUT2D eigenvalue weighted by Crippen LogP contribution is -2.31. The van der Waals surface area contributed by atoms with Crippen molar-refractivity contribution in [3.63, 3.8) is 0 Å². The number of rotatable bonds is 5. The van der Waals surface area contributed by atoms with Crippen molar-refractivity contribution < 1.29 is 0 Å². The molecule has 1 N–H and O–H groups in total. The first-order valence-corrected chi connectivity index (χ1v) is 6.65. The fourth-order valence-corrected chi connectivity index (χ4v) is 1.66. The predicted molar refractivity (Wildman–Crippen MR) is 70.8 cm³/mol. The predicted octanol–water partition coefficient (Wildman–Crippen LogP) is 3.57. The van der Waals surface area contributed by atoms with Gasteiger partial charge in [-0.15, -0.1) is 0 Å². The Bertz CT molecular complexity index is 312. The molecule has 0 fully saturated rings.